The van der Waals surface area contributed by atoms with Crippen LogP contribution in [0.2, 0.25) is 0 Å². The maximum Gasteiger partial charge on any atom is 0.319 e. The van der Waals surface area contributed by atoms with Gasteiger partial charge in [0.05, 0.1) is 5.92 Å². The minimum Gasteiger partial charge on any atom is -0.481 e. The third-order valence-corrected chi connectivity index (χ3v) is 3.15. The predicted molar refractivity (Wildman–Crippen MR) is 75.6 cm³/mol. The Kier molecular flexibility index (Phi) is 4.86. The zero-order chi connectivity index (χ0) is 15.2. The van der Waals surface area contributed by atoms with E-state index in [1.807, 2.05) is 0 Å². The van der Waals surface area contributed by atoms with Crippen molar-refractivity contribution < 1.29 is 24.2 Å². The molecule has 7 nitrogen and oxygen atoms in total. The zero-order valence-electron chi connectivity index (χ0n) is 11.7. The zero-order valence-corrected chi connectivity index (χ0v) is 11.7. The lowest BCUT2D eigenvalue weighted by molar-refractivity contribution is -0.141. The molecule has 1 aliphatic heterocycles. The van der Waals surface area contributed by atoms with Crippen molar-refractivity contribution in [3.05, 3.63) is 18.2 Å². The van der Waals surface area contributed by atoms with Crippen LogP contribution in [0.4, 0.5) is 10.5 Å². The van der Waals surface area contributed by atoms with Crippen LogP contribution in [-0.2, 0) is 4.79 Å². The normalized spacial score (nSPS) is 13.6. The molecular formula is C14H18N2O5. The number of rotatable bonds is 6. The lowest BCUT2D eigenvalue weighted by Gasteiger charge is -2.09. The Morgan fingerprint density at radius 1 is 1.33 bits per heavy atom. The molecule has 1 aliphatic rings. The SMILES string of the molecule is CC(CCCNC(=O)Nc1ccc2c(c1)OCO2)C(=O)O. The van der Waals surface area contributed by atoms with E-state index in [1.165, 1.54) is 0 Å². The highest BCUT2D eigenvalue weighted by Gasteiger charge is 2.14. The van der Waals surface area contributed by atoms with Gasteiger partial charge in [-0.15, -0.1) is 0 Å². The van der Waals surface area contributed by atoms with Crippen molar-refractivity contribution in [3.8, 4) is 11.5 Å². The fourth-order valence-electron chi connectivity index (χ4n) is 1.88. The average molecular weight is 294 g/mol. The minimum absolute atomic E-state index is 0.187. The van der Waals surface area contributed by atoms with Crippen molar-refractivity contribution in [2.24, 2.45) is 5.92 Å². The highest BCUT2D eigenvalue weighted by molar-refractivity contribution is 5.89. The van der Waals surface area contributed by atoms with E-state index in [9.17, 15) is 9.59 Å². The first kappa shape index (κ1) is 15.0. The van der Waals surface area contributed by atoms with Crippen LogP contribution in [0.15, 0.2) is 18.2 Å². The number of nitrogens with one attached hydrogen (secondary N) is 2. The molecule has 1 unspecified atom stereocenters. The van der Waals surface area contributed by atoms with E-state index < -0.39 is 11.9 Å². The van der Waals surface area contributed by atoms with E-state index >= 15 is 0 Å². The van der Waals surface area contributed by atoms with Crippen LogP contribution in [0.25, 0.3) is 0 Å². The second-order valence-corrected chi connectivity index (χ2v) is 4.83. The van der Waals surface area contributed by atoms with Crippen molar-refractivity contribution in [3.63, 3.8) is 0 Å². The van der Waals surface area contributed by atoms with Crippen LogP contribution in [0.3, 0.4) is 0 Å². The number of urea groups is 1. The number of anilines is 1. The Bertz CT molecular complexity index is 532. The molecular weight excluding hydrogens is 276 g/mol. The topological polar surface area (TPSA) is 96.9 Å². The quantitative estimate of drug-likeness (QED) is 0.698. The van der Waals surface area contributed by atoms with Gasteiger partial charge in [0.2, 0.25) is 6.79 Å². The van der Waals surface area contributed by atoms with Crippen LogP contribution in [0.1, 0.15) is 19.8 Å². The summed E-state index contributed by atoms with van der Waals surface area (Å²) in [5.74, 6) is 0.0373. The van der Waals surface area contributed by atoms with Gasteiger partial charge < -0.3 is 25.2 Å². The molecule has 0 saturated carbocycles. The highest BCUT2D eigenvalue weighted by atomic mass is 16.7. The second-order valence-electron chi connectivity index (χ2n) is 4.83. The molecule has 1 aromatic rings. The number of hydrogen-bond donors (Lipinski definition) is 3. The van der Waals surface area contributed by atoms with Crippen molar-refractivity contribution in [1.29, 1.82) is 0 Å². The van der Waals surface area contributed by atoms with Crippen LogP contribution in [0.5, 0.6) is 11.5 Å². The summed E-state index contributed by atoms with van der Waals surface area (Å²) >= 11 is 0. The van der Waals surface area contributed by atoms with Crippen LogP contribution >= 0.6 is 0 Å². The number of carboxylic acid groups (broad SMARTS) is 1. The number of carbonyl (C=O) groups is 2. The van der Waals surface area contributed by atoms with Gasteiger partial charge >= 0.3 is 12.0 Å². The van der Waals surface area contributed by atoms with E-state index in [2.05, 4.69) is 10.6 Å². The Labute approximate surface area is 122 Å². The first-order chi connectivity index (χ1) is 10.1. The number of ether oxygens (including phenoxy) is 2. The Hall–Kier alpha value is -2.44. The summed E-state index contributed by atoms with van der Waals surface area (Å²) in [4.78, 5) is 22.3. The summed E-state index contributed by atoms with van der Waals surface area (Å²) in [5.41, 5.74) is 0.607. The van der Waals surface area contributed by atoms with E-state index in [0.29, 0.717) is 36.6 Å². The van der Waals surface area contributed by atoms with Gasteiger partial charge in [-0.2, -0.15) is 0 Å². The summed E-state index contributed by atoms with van der Waals surface area (Å²) in [6.07, 6.45) is 1.14. The van der Waals surface area contributed by atoms with E-state index in [1.54, 1.807) is 25.1 Å². The number of fused-ring (bicyclic) bond motifs is 1. The maximum atomic E-state index is 11.7. The number of carboxylic acids is 1. The summed E-state index contributed by atoms with van der Waals surface area (Å²) in [6, 6.07) is 4.80. The fraction of sp³-hybridized carbons (Fsp3) is 0.429. The van der Waals surface area contributed by atoms with Crippen LogP contribution in [0, 0.1) is 5.92 Å². The van der Waals surface area contributed by atoms with Crippen molar-refractivity contribution >= 4 is 17.7 Å². The minimum atomic E-state index is -0.820. The molecule has 0 aromatic heterocycles. The van der Waals surface area contributed by atoms with Gasteiger partial charge in [0.1, 0.15) is 0 Å². The average Bonchev–Trinajstić information content (AvgIpc) is 2.90. The van der Waals surface area contributed by atoms with Crippen LogP contribution < -0.4 is 20.1 Å². The van der Waals surface area contributed by atoms with E-state index in [4.69, 9.17) is 14.6 Å². The number of hydrogen-bond acceptors (Lipinski definition) is 4. The second kappa shape index (κ2) is 6.83. The summed E-state index contributed by atoms with van der Waals surface area (Å²) in [6.45, 7) is 2.26. The van der Waals surface area contributed by atoms with Gasteiger partial charge in [-0.1, -0.05) is 6.92 Å². The summed E-state index contributed by atoms with van der Waals surface area (Å²) in [5, 5.41) is 14.1. The Morgan fingerprint density at radius 3 is 2.86 bits per heavy atom. The molecule has 0 saturated heterocycles. The first-order valence-electron chi connectivity index (χ1n) is 6.73. The lowest BCUT2D eigenvalue weighted by atomic mass is 10.1. The largest absolute Gasteiger partial charge is 0.481 e. The molecule has 0 spiro atoms. The van der Waals surface area contributed by atoms with E-state index in [0.717, 1.165) is 0 Å². The molecule has 7 heteroatoms. The van der Waals surface area contributed by atoms with Gasteiger partial charge in [-0.05, 0) is 25.0 Å². The Morgan fingerprint density at radius 2 is 2.10 bits per heavy atom. The van der Waals surface area contributed by atoms with Gasteiger partial charge in [0.15, 0.2) is 11.5 Å². The van der Waals surface area contributed by atoms with Gasteiger partial charge in [0.25, 0.3) is 0 Å². The molecule has 0 aliphatic carbocycles. The standard InChI is InChI=1S/C14H18N2O5/c1-9(13(17)18)3-2-6-15-14(19)16-10-4-5-11-12(7-10)21-8-20-11/h4-5,7,9H,2-3,6,8H2,1H3,(H,17,18)(H2,15,16,19). The van der Waals surface area contributed by atoms with Gasteiger partial charge in [-0.25, -0.2) is 4.79 Å². The monoisotopic (exact) mass is 294 g/mol. The molecule has 3 N–H and O–H groups in total. The Balaban J connectivity index is 1.71. The molecule has 0 bridgehead atoms. The molecule has 1 heterocycles. The third-order valence-electron chi connectivity index (χ3n) is 3.15. The predicted octanol–water partition coefficient (Wildman–Crippen LogP) is 2.04. The van der Waals surface area contributed by atoms with E-state index in [-0.39, 0.29) is 12.8 Å². The van der Waals surface area contributed by atoms with Gasteiger partial charge in [0, 0.05) is 18.3 Å². The molecule has 2 rings (SSSR count). The smallest absolute Gasteiger partial charge is 0.319 e. The van der Waals surface area contributed by atoms with Gasteiger partial charge in [-0.3, -0.25) is 4.79 Å². The molecule has 0 fully saturated rings. The molecule has 2 amide bonds. The van der Waals surface area contributed by atoms with Crippen molar-refractivity contribution in [2.75, 3.05) is 18.7 Å². The first-order valence-corrected chi connectivity index (χ1v) is 6.73. The molecule has 114 valence electrons. The van der Waals surface area contributed by atoms with Crippen molar-refractivity contribution in [2.45, 2.75) is 19.8 Å². The van der Waals surface area contributed by atoms with Crippen LogP contribution in [-0.4, -0.2) is 30.4 Å². The molecule has 1 atom stereocenters. The fourth-order valence-corrected chi connectivity index (χ4v) is 1.88. The maximum absolute atomic E-state index is 11.7. The lowest BCUT2D eigenvalue weighted by Crippen LogP contribution is -2.29. The number of benzene rings is 1. The molecule has 0 radical (unpaired) electrons. The molecule has 1 aromatic carbocycles. The third kappa shape index (κ3) is 4.27. The number of amides is 2. The number of aliphatic carboxylic acids is 1. The summed E-state index contributed by atoms with van der Waals surface area (Å²) in [7, 11) is 0. The number of carbonyl (C=O) groups excluding carboxylic acids is 1. The summed E-state index contributed by atoms with van der Waals surface area (Å²) < 4.78 is 10.4. The molecule has 21 heavy (non-hydrogen) atoms. The highest BCUT2D eigenvalue weighted by Crippen LogP contribution is 2.34. The van der Waals surface area contributed by atoms with Crippen molar-refractivity contribution in [1.82, 2.24) is 5.32 Å².